The molecule has 34 heavy (non-hydrogen) atoms. The topological polar surface area (TPSA) is 102 Å². The Balaban J connectivity index is 1.65. The van der Waals surface area contributed by atoms with Crippen molar-refractivity contribution in [2.24, 2.45) is 11.8 Å². The summed E-state index contributed by atoms with van der Waals surface area (Å²) < 4.78 is 20.9. The van der Waals surface area contributed by atoms with Crippen LogP contribution in [0.1, 0.15) is 22.2 Å². The van der Waals surface area contributed by atoms with Gasteiger partial charge in [-0.3, -0.25) is 14.6 Å². The fourth-order valence-corrected chi connectivity index (χ4v) is 5.30. The monoisotopic (exact) mass is 463 g/mol. The Morgan fingerprint density at radius 2 is 1.88 bits per heavy atom. The fourth-order valence-electron chi connectivity index (χ4n) is 5.30. The molecule has 0 radical (unpaired) electrons. The molecule has 2 aliphatic heterocycles. The van der Waals surface area contributed by atoms with Crippen LogP contribution in [0, 0.1) is 17.7 Å². The third-order valence-electron chi connectivity index (χ3n) is 6.80. The number of aliphatic hydroxyl groups is 1. The molecule has 4 heterocycles. The van der Waals surface area contributed by atoms with Crippen molar-refractivity contribution in [2.75, 3.05) is 13.7 Å². The molecule has 1 aromatic carbocycles. The molecule has 9 heteroatoms. The van der Waals surface area contributed by atoms with Gasteiger partial charge in [-0.1, -0.05) is 24.3 Å². The minimum Gasteiger partial charge on any atom is -0.467 e. The first kappa shape index (κ1) is 22.0. The highest BCUT2D eigenvalue weighted by molar-refractivity contribution is 5.96. The van der Waals surface area contributed by atoms with Crippen molar-refractivity contribution >= 4 is 11.9 Å². The summed E-state index contributed by atoms with van der Waals surface area (Å²) in [4.78, 5) is 45.2. The van der Waals surface area contributed by atoms with E-state index < -0.39 is 47.2 Å². The Hall–Kier alpha value is -3.85. The van der Waals surface area contributed by atoms with E-state index in [2.05, 4.69) is 4.98 Å². The van der Waals surface area contributed by atoms with Crippen LogP contribution in [0.25, 0.3) is 11.1 Å². The number of carbonyl (C=O) groups is 2. The molecule has 174 valence electrons. The number of hydrogen-bond acceptors (Lipinski definition) is 6. The molecule has 8 nitrogen and oxygen atoms in total. The van der Waals surface area contributed by atoms with Crippen LogP contribution in [0.4, 0.5) is 4.39 Å². The highest BCUT2D eigenvalue weighted by Gasteiger charge is 2.58. The van der Waals surface area contributed by atoms with E-state index in [4.69, 9.17) is 4.74 Å². The molecule has 0 unspecified atom stereocenters. The maximum Gasteiger partial charge on any atom is 0.329 e. The lowest BCUT2D eigenvalue weighted by Crippen LogP contribution is -2.46. The van der Waals surface area contributed by atoms with E-state index in [1.165, 1.54) is 41.0 Å². The maximum atomic E-state index is 14.4. The van der Waals surface area contributed by atoms with Crippen molar-refractivity contribution < 1.29 is 23.8 Å². The number of likely N-dealkylation sites (tertiary alicyclic amines) is 1. The number of fused-ring (bicyclic) bond motifs is 3. The average Bonchev–Trinajstić information content (AvgIpc) is 3.39. The van der Waals surface area contributed by atoms with Gasteiger partial charge in [-0.2, -0.15) is 0 Å². The van der Waals surface area contributed by atoms with E-state index >= 15 is 0 Å². The minimum absolute atomic E-state index is 0.137. The Bertz CT molecular complexity index is 1330. The zero-order valence-electron chi connectivity index (χ0n) is 18.3. The molecule has 0 bridgehead atoms. The molecule has 1 saturated heterocycles. The lowest BCUT2D eigenvalue weighted by molar-refractivity contribution is -0.147. The third-order valence-corrected chi connectivity index (χ3v) is 6.80. The number of aliphatic hydroxyl groups excluding tert-OH is 1. The standard InChI is InChI=1S/C25H22FN3O5/c1-34-25(33)22-17(13-30)16-12-28-20(21(16)29(22)24(32)19-8-4-5-11-27-19)10-9-15(23(28)31)14-6-2-3-7-18(14)26/h2-11,16-17,21-22,30H,12-13H2,1H3/t16-,17-,21+,22-/m0/s1. The molecular formula is C25H22FN3O5. The molecule has 3 aromatic rings. The predicted octanol–water partition coefficient (Wildman–Crippen LogP) is 2.03. The number of halogens is 1. The summed E-state index contributed by atoms with van der Waals surface area (Å²) in [7, 11) is 1.23. The first-order valence-corrected chi connectivity index (χ1v) is 10.9. The predicted molar refractivity (Wildman–Crippen MR) is 119 cm³/mol. The van der Waals surface area contributed by atoms with Gasteiger partial charge in [-0.15, -0.1) is 0 Å². The summed E-state index contributed by atoms with van der Waals surface area (Å²) in [6, 6.07) is 12.4. The second-order valence-electron chi connectivity index (χ2n) is 8.42. The van der Waals surface area contributed by atoms with E-state index in [1.54, 1.807) is 36.4 Å². The highest BCUT2D eigenvalue weighted by atomic mass is 19.1. The summed E-state index contributed by atoms with van der Waals surface area (Å²) >= 11 is 0. The molecule has 1 N–H and O–H groups in total. The molecular weight excluding hydrogens is 441 g/mol. The number of amides is 1. The van der Waals surface area contributed by atoms with E-state index in [1.807, 2.05) is 0 Å². The van der Waals surface area contributed by atoms with Gasteiger partial charge in [-0.25, -0.2) is 9.18 Å². The van der Waals surface area contributed by atoms with Crippen LogP contribution >= 0.6 is 0 Å². The van der Waals surface area contributed by atoms with Crippen molar-refractivity contribution in [1.29, 1.82) is 0 Å². The Morgan fingerprint density at radius 3 is 2.56 bits per heavy atom. The number of nitrogens with zero attached hydrogens (tertiary/aromatic N) is 3. The molecule has 0 spiro atoms. The number of carbonyl (C=O) groups excluding carboxylic acids is 2. The lowest BCUT2D eigenvalue weighted by Gasteiger charge is -2.29. The number of hydrogen-bond donors (Lipinski definition) is 1. The summed E-state index contributed by atoms with van der Waals surface area (Å²) in [6.45, 7) is -0.207. The second kappa shape index (κ2) is 8.49. The van der Waals surface area contributed by atoms with Gasteiger partial charge in [0.15, 0.2) is 0 Å². The van der Waals surface area contributed by atoms with Gasteiger partial charge < -0.3 is 19.3 Å². The third kappa shape index (κ3) is 3.23. The van der Waals surface area contributed by atoms with Gasteiger partial charge in [0.25, 0.3) is 11.5 Å². The van der Waals surface area contributed by atoms with Crippen LogP contribution in [-0.4, -0.2) is 51.2 Å². The van der Waals surface area contributed by atoms with E-state index in [9.17, 15) is 23.9 Å². The summed E-state index contributed by atoms with van der Waals surface area (Å²) in [6.07, 6.45) is 1.48. The number of benzene rings is 1. The first-order chi connectivity index (χ1) is 16.5. The minimum atomic E-state index is -1.03. The van der Waals surface area contributed by atoms with E-state index in [-0.39, 0.29) is 30.0 Å². The maximum absolute atomic E-state index is 14.4. The highest BCUT2D eigenvalue weighted by Crippen LogP contribution is 2.50. The van der Waals surface area contributed by atoms with E-state index in [0.717, 1.165) is 0 Å². The van der Waals surface area contributed by atoms with Crippen molar-refractivity contribution in [3.63, 3.8) is 0 Å². The molecule has 1 fully saturated rings. The molecule has 2 aliphatic rings. The van der Waals surface area contributed by atoms with Gasteiger partial charge in [0, 0.05) is 42.4 Å². The Morgan fingerprint density at radius 1 is 1.12 bits per heavy atom. The first-order valence-electron chi connectivity index (χ1n) is 10.9. The number of methoxy groups -OCH3 is 1. The number of pyridine rings is 2. The fraction of sp³-hybridized carbons (Fsp3) is 0.280. The Labute approximate surface area is 194 Å². The summed E-state index contributed by atoms with van der Waals surface area (Å²) in [5.41, 5.74) is 0.650. The van der Waals surface area contributed by atoms with Crippen LogP contribution in [-0.2, 0) is 16.1 Å². The molecule has 2 aromatic heterocycles. The largest absolute Gasteiger partial charge is 0.467 e. The van der Waals surface area contributed by atoms with Gasteiger partial charge in [0.05, 0.1) is 18.7 Å². The Kier molecular flexibility index (Phi) is 5.49. The molecule has 4 atom stereocenters. The second-order valence-corrected chi connectivity index (χ2v) is 8.42. The van der Waals surface area contributed by atoms with Crippen LogP contribution in [0.5, 0.6) is 0 Å². The van der Waals surface area contributed by atoms with Gasteiger partial charge >= 0.3 is 5.97 Å². The van der Waals surface area contributed by atoms with Gasteiger partial charge in [0.2, 0.25) is 0 Å². The average molecular weight is 463 g/mol. The summed E-state index contributed by atoms with van der Waals surface area (Å²) in [5.74, 6) is -2.72. The zero-order valence-corrected chi connectivity index (χ0v) is 18.3. The van der Waals surface area contributed by atoms with Crippen LogP contribution in [0.15, 0.2) is 65.6 Å². The molecule has 0 saturated carbocycles. The quantitative estimate of drug-likeness (QED) is 0.594. The van der Waals surface area contributed by atoms with Crippen LogP contribution in [0.2, 0.25) is 0 Å². The van der Waals surface area contributed by atoms with E-state index in [0.29, 0.717) is 5.69 Å². The molecule has 5 rings (SSSR count). The van der Waals surface area contributed by atoms with Gasteiger partial charge in [-0.05, 0) is 30.3 Å². The SMILES string of the molecule is COC(=O)[C@@H]1[C@@H](CO)[C@@H]2Cn3c(ccc(-c4ccccc4F)c3=O)[C@@H]2N1C(=O)c1ccccn1. The number of ether oxygens (including phenoxy) is 1. The van der Waals surface area contributed by atoms with Crippen LogP contribution < -0.4 is 5.56 Å². The summed E-state index contributed by atoms with van der Waals surface area (Å²) in [5, 5.41) is 10.2. The van der Waals surface area contributed by atoms with Gasteiger partial charge in [0.1, 0.15) is 17.6 Å². The van der Waals surface area contributed by atoms with Crippen molar-refractivity contribution in [2.45, 2.75) is 18.6 Å². The number of esters is 1. The number of aromatic nitrogens is 2. The molecule has 0 aliphatic carbocycles. The zero-order chi connectivity index (χ0) is 24.0. The lowest BCUT2D eigenvalue weighted by atomic mass is 9.88. The van der Waals surface area contributed by atoms with Crippen LogP contribution in [0.3, 0.4) is 0 Å². The molecule has 1 amide bonds. The van der Waals surface area contributed by atoms with Crippen molar-refractivity contribution in [3.05, 3.63) is 88.4 Å². The van der Waals surface area contributed by atoms with Crippen molar-refractivity contribution in [3.8, 4) is 11.1 Å². The smallest absolute Gasteiger partial charge is 0.329 e. The number of rotatable bonds is 4. The van der Waals surface area contributed by atoms with Crippen molar-refractivity contribution in [1.82, 2.24) is 14.5 Å². The normalized spacial score (nSPS) is 22.9.